The number of hydrogen-bond acceptors (Lipinski definition) is 7. The Morgan fingerprint density at radius 3 is 2.67 bits per heavy atom. The summed E-state index contributed by atoms with van der Waals surface area (Å²) >= 11 is 0. The van der Waals surface area contributed by atoms with Crippen LogP contribution in [0.2, 0.25) is 0 Å². The summed E-state index contributed by atoms with van der Waals surface area (Å²) < 4.78 is 38.7. The van der Waals surface area contributed by atoms with Crippen LogP contribution in [-0.4, -0.2) is 35.0 Å². The number of nitrogens with zero attached hydrogens (tertiary/aromatic N) is 1. The molecule has 40 heavy (non-hydrogen) atoms. The molecule has 3 aromatic carbocycles. The van der Waals surface area contributed by atoms with Crippen molar-refractivity contribution in [2.75, 3.05) is 13.2 Å². The lowest BCUT2D eigenvalue weighted by Gasteiger charge is -2.18. The van der Waals surface area contributed by atoms with Crippen molar-refractivity contribution in [1.82, 2.24) is 0 Å². The molecule has 0 bridgehead atoms. The van der Waals surface area contributed by atoms with Crippen molar-refractivity contribution in [3.63, 3.8) is 0 Å². The van der Waals surface area contributed by atoms with Crippen LogP contribution < -0.4 is 18.9 Å². The number of nitriles is 1. The Bertz CT molecular complexity index is 1470. The molecule has 0 saturated carbocycles. The van der Waals surface area contributed by atoms with Crippen LogP contribution in [0.3, 0.4) is 0 Å². The average molecular weight is 548 g/mol. The molecule has 2 N–H and O–H groups in total. The molecule has 2 atom stereocenters. The Morgan fingerprint density at radius 1 is 1.15 bits per heavy atom. The standard InChI is InChI=1S/C31H30FNO7/c1-31(2,36)11-12-37-20-4-8-25(18(13-20)16-33)40-26-10-7-24(32)30-23(26)6-9-27(30)39-21-3-5-22-19(14-29(34)35)17-38-28(22)15-21/h3-5,7-8,10,13,15,19,27,36H,6,9,11-12,14,17H2,1-2H3,(H,34,35)/t19-,27-/m1/s1. The van der Waals surface area contributed by atoms with E-state index in [1.807, 2.05) is 0 Å². The smallest absolute Gasteiger partial charge is 0.304 e. The van der Waals surface area contributed by atoms with Crippen LogP contribution in [0.5, 0.6) is 28.7 Å². The van der Waals surface area contributed by atoms with Crippen LogP contribution in [0.25, 0.3) is 0 Å². The third kappa shape index (κ3) is 5.97. The van der Waals surface area contributed by atoms with E-state index in [-0.39, 0.29) is 17.9 Å². The van der Waals surface area contributed by atoms with E-state index in [1.165, 1.54) is 6.07 Å². The molecule has 0 spiro atoms. The van der Waals surface area contributed by atoms with E-state index in [0.717, 1.165) is 5.56 Å². The maximum Gasteiger partial charge on any atom is 0.304 e. The van der Waals surface area contributed by atoms with Gasteiger partial charge in [0.1, 0.15) is 46.7 Å². The van der Waals surface area contributed by atoms with Crippen LogP contribution in [-0.2, 0) is 11.2 Å². The van der Waals surface area contributed by atoms with Gasteiger partial charge in [-0.1, -0.05) is 6.07 Å². The number of hydrogen-bond donors (Lipinski definition) is 2. The minimum Gasteiger partial charge on any atom is -0.493 e. The first-order valence-electron chi connectivity index (χ1n) is 13.1. The molecule has 1 heterocycles. The normalized spacial score (nSPS) is 17.4. The van der Waals surface area contributed by atoms with Crippen LogP contribution in [0, 0.1) is 17.1 Å². The van der Waals surface area contributed by atoms with Gasteiger partial charge in [-0.15, -0.1) is 0 Å². The number of aliphatic carboxylic acids is 1. The van der Waals surface area contributed by atoms with E-state index in [0.29, 0.717) is 72.4 Å². The molecule has 0 saturated heterocycles. The van der Waals surface area contributed by atoms with Crippen molar-refractivity contribution in [3.05, 3.63) is 76.6 Å². The summed E-state index contributed by atoms with van der Waals surface area (Å²) in [5.41, 5.74) is 1.32. The second-order valence-corrected chi connectivity index (χ2v) is 10.7. The van der Waals surface area contributed by atoms with E-state index in [4.69, 9.17) is 24.1 Å². The maximum atomic E-state index is 15.1. The molecular formula is C31H30FNO7. The third-order valence-electron chi connectivity index (χ3n) is 7.08. The van der Waals surface area contributed by atoms with Gasteiger partial charge in [-0.3, -0.25) is 4.79 Å². The van der Waals surface area contributed by atoms with Gasteiger partial charge >= 0.3 is 5.97 Å². The van der Waals surface area contributed by atoms with Gasteiger partial charge in [0, 0.05) is 41.2 Å². The average Bonchev–Trinajstić information content (AvgIpc) is 3.50. The molecule has 1 aliphatic heterocycles. The summed E-state index contributed by atoms with van der Waals surface area (Å²) in [5.74, 6) is 0.842. The molecule has 208 valence electrons. The number of aliphatic hydroxyl groups is 1. The van der Waals surface area contributed by atoms with Crippen molar-refractivity contribution in [2.24, 2.45) is 0 Å². The molecule has 0 radical (unpaired) electrons. The lowest BCUT2D eigenvalue weighted by atomic mass is 9.98. The number of ether oxygens (including phenoxy) is 4. The summed E-state index contributed by atoms with van der Waals surface area (Å²) in [6.45, 7) is 3.99. The van der Waals surface area contributed by atoms with Gasteiger partial charge in [-0.2, -0.15) is 5.26 Å². The first kappa shape index (κ1) is 27.3. The van der Waals surface area contributed by atoms with Crippen LogP contribution in [0.15, 0.2) is 48.5 Å². The van der Waals surface area contributed by atoms with Gasteiger partial charge in [-0.25, -0.2) is 4.39 Å². The molecule has 9 heteroatoms. The molecule has 0 fully saturated rings. The van der Waals surface area contributed by atoms with Crippen molar-refractivity contribution in [3.8, 4) is 34.8 Å². The van der Waals surface area contributed by atoms with Gasteiger partial charge in [-0.05, 0) is 57.0 Å². The summed E-state index contributed by atoms with van der Waals surface area (Å²) in [5, 5.41) is 28.7. The Hall–Kier alpha value is -4.29. The number of carboxylic acid groups (broad SMARTS) is 1. The molecule has 3 aromatic rings. The molecule has 0 unspecified atom stereocenters. The van der Waals surface area contributed by atoms with E-state index >= 15 is 4.39 Å². The van der Waals surface area contributed by atoms with Crippen LogP contribution in [0.1, 0.15) is 67.4 Å². The number of fused-ring (bicyclic) bond motifs is 2. The maximum absolute atomic E-state index is 15.1. The summed E-state index contributed by atoms with van der Waals surface area (Å²) in [7, 11) is 0. The largest absolute Gasteiger partial charge is 0.493 e. The zero-order valence-electron chi connectivity index (χ0n) is 22.3. The van der Waals surface area contributed by atoms with E-state index < -0.39 is 23.5 Å². The Labute approximate surface area is 231 Å². The summed E-state index contributed by atoms with van der Waals surface area (Å²) in [4.78, 5) is 11.1. The second kappa shape index (κ2) is 11.1. The minimum absolute atomic E-state index is 0.0114. The number of benzene rings is 3. The molecule has 5 rings (SSSR count). The fraction of sp³-hybridized carbons (Fsp3) is 0.355. The predicted molar refractivity (Wildman–Crippen MR) is 143 cm³/mol. The van der Waals surface area contributed by atoms with Gasteiger partial charge in [0.25, 0.3) is 0 Å². The van der Waals surface area contributed by atoms with Gasteiger partial charge in [0.15, 0.2) is 0 Å². The first-order valence-corrected chi connectivity index (χ1v) is 13.1. The highest BCUT2D eigenvalue weighted by molar-refractivity contribution is 5.69. The van der Waals surface area contributed by atoms with E-state index in [1.54, 1.807) is 56.3 Å². The number of halogens is 1. The van der Waals surface area contributed by atoms with Gasteiger partial charge in [0.2, 0.25) is 0 Å². The van der Waals surface area contributed by atoms with E-state index in [2.05, 4.69) is 6.07 Å². The Morgan fingerprint density at radius 2 is 1.93 bits per heavy atom. The fourth-order valence-corrected chi connectivity index (χ4v) is 5.04. The Balaban J connectivity index is 1.32. The van der Waals surface area contributed by atoms with Crippen molar-refractivity contribution < 1.29 is 38.3 Å². The summed E-state index contributed by atoms with van der Waals surface area (Å²) in [6.07, 6.45) is 0.931. The number of carbonyl (C=O) groups is 1. The molecule has 0 aromatic heterocycles. The summed E-state index contributed by atoms with van der Waals surface area (Å²) in [6, 6.07) is 15.2. The molecule has 0 amide bonds. The monoisotopic (exact) mass is 547 g/mol. The highest BCUT2D eigenvalue weighted by Crippen LogP contribution is 2.44. The molecule has 1 aliphatic carbocycles. The molecular weight excluding hydrogens is 517 g/mol. The number of rotatable bonds is 10. The SMILES string of the molecule is CC(C)(O)CCOc1ccc(Oc2ccc(F)c3c2CC[C@H]3Oc2ccc3c(c2)OC[C@H]3CC(=O)O)c(C#N)c1. The van der Waals surface area contributed by atoms with Gasteiger partial charge in [0.05, 0.1) is 30.8 Å². The predicted octanol–water partition coefficient (Wildman–Crippen LogP) is 6.05. The third-order valence-corrected chi connectivity index (χ3v) is 7.08. The van der Waals surface area contributed by atoms with Crippen molar-refractivity contribution in [1.29, 1.82) is 5.26 Å². The zero-order valence-corrected chi connectivity index (χ0v) is 22.3. The fourth-order valence-electron chi connectivity index (χ4n) is 5.04. The molecule has 8 nitrogen and oxygen atoms in total. The van der Waals surface area contributed by atoms with Crippen LogP contribution in [0.4, 0.5) is 4.39 Å². The minimum atomic E-state index is -0.883. The lowest BCUT2D eigenvalue weighted by molar-refractivity contribution is -0.137. The zero-order chi connectivity index (χ0) is 28.4. The van der Waals surface area contributed by atoms with E-state index in [9.17, 15) is 15.2 Å². The first-order chi connectivity index (χ1) is 19.1. The highest BCUT2D eigenvalue weighted by atomic mass is 19.1. The highest BCUT2D eigenvalue weighted by Gasteiger charge is 2.32. The number of carboxylic acids is 1. The topological polar surface area (TPSA) is 118 Å². The van der Waals surface area contributed by atoms with Gasteiger partial charge < -0.3 is 29.2 Å². The van der Waals surface area contributed by atoms with Crippen LogP contribution >= 0.6 is 0 Å². The van der Waals surface area contributed by atoms with Crippen molar-refractivity contribution >= 4 is 5.97 Å². The Kier molecular flexibility index (Phi) is 7.55. The quantitative estimate of drug-likeness (QED) is 0.315. The second-order valence-electron chi connectivity index (χ2n) is 10.7. The lowest BCUT2D eigenvalue weighted by Crippen LogP contribution is -2.21. The van der Waals surface area contributed by atoms with Crippen molar-refractivity contribution in [2.45, 2.75) is 57.2 Å². The molecule has 2 aliphatic rings.